The zero-order valence-corrected chi connectivity index (χ0v) is 16.1. The molecule has 3 aliphatic carbocycles. The minimum absolute atomic E-state index is 0.0306. The van der Waals surface area contributed by atoms with Gasteiger partial charge >= 0.3 is 5.97 Å². The van der Waals surface area contributed by atoms with Crippen molar-refractivity contribution >= 4 is 23.2 Å². The molecule has 0 aromatic rings. The summed E-state index contributed by atoms with van der Waals surface area (Å²) in [6.45, 7) is 4.89. The van der Waals surface area contributed by atoms with Gasteiger partial charge in [-0.2, -0.15) is 0 Å². The van der Waals surface area contributed by atoms with Crippen molar-refractivity contribution in [3.05, 3.63) is 0 Å². The summed E-state index contributed by atoms with van der Waals surface area (Å²) in [5.41, 5.74) is 0.546. The Morgan fingerprint density at radius 3 is 2.58 bits per heavy atom. The van der Waals surface area contributed by atoms with Gasteiger partial charge in [0.25, 0.3) is 0 Å². The van der Waals surface area contributed by atoms with Crippen molar-refractivity contribution in [1.29, 1.82) is 0 Å². The van der Waals surface area contributed by atoms with Gasteiger partial charge in [-0.3, -0.25) is 4.79 Å². The van der Waals surface area contributed by atoms with Crippen molar-refractivity contribution in [3.8, 4) is 0 Å². The summed E-state index contributed by atoms with van der Waals surface area (Å²) in [5, 5.41) is 3.65. The van der Waals surface area contributed by atoms with Crippen LogP contribution in [0.1, 0.15) is 65.2 Å². The SMILES string of the molecule is COC(=O)[C@H]1CC[C@H]2[C@@H]3CC[C@H]4NC(=S)CC[C@]4(C)[C@H]3CC[C@]12C. The predicted octanol–water partition coefficient (Wildman–Crippen LogP) is 4.10. The lowest BCUT2D eigenvalue weighted by molar-refractivity contribution is -0.154. The number of thiocarbonyl (C=S) groups is 1. The number of piperidine rings is 1. The lowest BCUT2D eigenvalue weighted by Gasteiger charge is -2.60. The minimum Gasteiger partial charge on any atom is -0.469 e. The third kappa shape index (κ3) is 2.21. The van der Waals surface area contributed by atoms with Gasteiger partial charge in [-0.05, 0) is 80.0 Å². The Kier molecular flexibility index (Phi) is 3.98. The van der Waals surface area contributed by atoms with Crippen LogP contribution in [0.4, 0.5) is 0 Å². The number of ether oxygens (including phenoxy) is 1. The van der Waals surface area contributed by atoms with Crippen LogP contribution in [0.5, 0.6) is 0 Å². The van der Waals surface area contributed by atoms with E-state index in [9.17, 15) is 4.79 Å². The fourth-order valence-electron chi connectivity index (χ4n) is 7.23. The molecule has 3 saturated carbocycles. The molecule has 0 amide bonds. The standard InChI is InChI=1S/C20H31NO2S/c1-19-10-8-14-12(13(19)5-6-15(19)18(22)23-3)4-7-16-20(14,2)11-9-17(24)21-16/h12-16H,4-11H2,1-3H3,(H,21,24)/t12-,13-,14-,15+,16+,19-,20+/m0/s1. The number of fused-ring (bicyclic) bond motifs is 5. The molecule has 134 valence electrons. The molecule has 3 nitrogen and oxygen atoms in total. The fourth-order valence-corrected chi connectivity index (χ4v) is 7.48. The average molecular weight is 350 g/mol. The van der Waals surface area contributed by atoms with Crippen LogP contribution in [0.25, 0.3) is 0 Å². The van der Waals surface area contributed by atoms with Gasteiger partial charge in [-0.1, -0.05) is 26.1 Å². The van der Waals surface area contributed by atoms with Crippen molar-refractivity contribution in [2.75, 3.05) is 7.11 Å². The smallest absolute Gasteiger partial charge is 0.309 e. The summed E-state index contributed by atoms with van der Waals surface area (Å²) in [5.74, 6) is 2.43. The number of carbonyl (C=O) groups is 1. The highest BCUT2D eigenvalue weighted by Crippen LogP contribution is 2.65. The largest absolute Gasteiger partial charge is 0.469 e. The van der Waals surface area contributed by atoms with E-state index in [1.807, 2.05) is 0 Å². The summed E-state index contributed by atoms with van der Waals surface area (Å²) in [7, 11) is 1.55. The van der Waals surface area contributed by atoms with E-state index in [2.05, 4.69) is 19.2 Å². The second kappa shape index (κ2) is 5.69. The Bertz CT molecular complexity index is 564. The van der Waals surface area contributed by atoms with E-state index in [-0.39, 0.29) is 17.3 Å². The van der Waals surface area contributed by atoms with Crippen molar-refractivity contribution < 1.29 is 9.53 Å². The molecule has 4 fully saturated rings. The first-order valence-corrected chi connectivity index (χ1v) is 10.2. The van der Waals surface area contributed by atoms with Crippen molar-refractivity contribution in [3.63, 3.8) is 0 Å². The number of carbonyl (C=O) groups excluding carboxylic acids is 1. The van der Waals surface area contributed by atoms with Crippen LogP contribution in [0.2, 0.25) is 0 Å². The second-order valence-corrected chi connectivity index (χ2v) is 9.77. The summed E-state index contributed by atoms with van der Waals surface area (Å²) < 4.78 is 5.14. The van der Waals surface area contributed by atoms with Crippen LogP contribution in [0.15, 0.2) is 0 Å². The molecule has 7 atom stereocenters. The molecule has 0 unspecified atom stereocenters. The first kappa shape index (κ1) is 16.8. The lowest BCUT2D eigenvalue weighted by Crippen LogP contribution is -2.60. The number of nitrogens with one attached hydrogen (secondary N) is 1. The van der Waals surface area contributed by atoms with Crippen molar-refractivity contribution in [1.82, 2.24) is 5.32 Å². The molecule has 0 aromatic carbocycles. The van der Waals surface area contributed by atoms with Gasteiger partial charge in [0, 0.05) is 6.04 Å². The number of esters is 1. The lowest BCUT2D eigenvalue weighted by atomic mass is 9.47. The first-order valence-electron chi connectivity index (χ1n) is 9.77. The fraction of sp³-hybridized carbons (Fsp3) is 0.900. The normalized spacial score (nSPS) is 50.3. The minimum atomic E-state index is 0.0306. The van der Waals surface area contributed by atoms with E-state index >= 15 is 0 Å². The second-order valence-electron chi connectivity index (χ2n) is 9.28. The quantitative estimate of drug-likeness (QED) is 0.571. The summed E-state index contributed by atoms with van der Waals surface area (Å²) in [4.78, 5) is 13.4. The molecule has 4 aliphatic rings. The third-order valence-electron chi connectivity index (χ3n) is 8.58. The van der Waals surface area contributed by atoms with Gasteiger partial charge in [0.1, 0.15) is 0 Å². The Morgan fingerprint density at radius 1 is 1.08 bits per heavy atom. The predicted molar refractivity (Wildman–Crippen MR) is 98.6 cm³/mol. The Labute approximate surface area is 151 Å². The summed E-state index contributed by atoms with van der Waals surface area (Å²) in [6.07, 6.45) is 9.54. The van der Waals surface area contributed by atoms with E-state index in [1.54, 1.807) is 7.11 Å². The van der Waals surface area contributed by atoms with Crippen molar-refractivity contribution in [2.24, 2.45) is 34.5 Å². The number of methoxy groups -OCH3 is 1. The van der Waals surface area contributed by atoms with Crippen LogP contribution < -0.4 is 5.32 Å². The van der Waals surface area contributed by atoms with Crippen LogP contribution in [-0.2, 0) is 9.53 Å². The average Bonchev–Trinajstić information content (AvgIpc) is 2.92. The zero-order chi connectivity index (χ0) is 17.1. The highest BCUT2D eigenvalue weighted by atomic mass is 32.1. The molecule has 1 N–H and O–H groups in total. The number of hydrogen-bond donors (Lipinski definition) is 1. The first-order chi connectivity index (χ1) is 11.4. The van der Waals surface area contributed by atoms with E-state index in [0.717, 1.165) is 29.7 Å². The van der Waals surface area contributed by atoms with Crippen molar-refractivity contribution in [2.45, 2.75) is 71.3 Å². The van der Waals surface area contributed by atoms with E-state index in [1.165, 1.54) is 38.5 Å². The molecule has 1 heterocycles. The zero-order valence-electron chi connectivity index (χ0n) is 15.3. The highest BCUT2D eigenvalue weighted by Gasteiger charge is 2.61. The summed E-state index contributed by atoms with van der Waals surface area (Å²) >= 11 is 5.46. The number of hydrogen-bond acceptors (Lipinski definition) is 3. The number of rotatable bonds is 1. The molecule has 4 heteroatoms. The van der Waals surface area contributed by atoms with Gasteiger partial charge in [0.05, 0.1) is 18.0 Å². The van der Waals surface area contributed by atoms with Crippen LogP contribution in [0, 0.1) is 34.5 Å². The van der Waals surface area contributed by atoms with E-state index in [4.69, 9.17) is 17.0 Å². The van der Waals surface area contributed by atoms with Gasteiger partial charge in [-0.25, -0.2) is 0 Å². The molecule has 24 heavy (non-hydrogen) atoms. The topological polar surface area (TPSA) is 38.3 Å². The maximum Gasteiger partial charge on any atom is 0.309 e. The molecular formula is C20H31NO2S. The van der Waals surface area contributed by atoms with Gasteiger partial charge in [-0.15, -0.1) is 0 Å². The molecule has 0 aromatic heterocycles. The molecule has 4 rings (SSSR count). The molecule has 1 saturated heterocycles. The maximum absolute atomic E-state index is 12.3. The monoisotopic (exact) mass is 349 g/mol. The molecule has 1 aliphatic heterocycles. The van der Waals surface area contributed by atoms with E-state index < -0.39 is 0 Å². The highest BCUT2D eigenvalue weighted by molar-refractivity contribution is 7.80. The Morgan fingerprint density at radius 2 is 1.83 bits per heavy atom. The molecule has 0 bridgehead atoms. The van der Waals surface area contributed by atoms with Gasteiger partial charge in [0.2, 0.25) is 0 Å². The Hall–Kier alpha value is -0.640. The molecular weight excluding hydrogens is 318 g/mol. The molecule has 0 spiro atoms. The van der Waals surface area contributed by atoms with E-state index in [0.29, 0.717) is 17.4 Å². The third-order valence-corrected chi connectivity index (χ3v) is 8.90. The van der Waals surface area contributed by atoms with Gasteiger partial charge < -0.3 is 10.1 Å². The van der Waals surface area contributed by atoms with Crippen LogP contribution >= 0.6 is 12.2 Å². The molecule has 0 radical (unpaired) electrons. The maximum atomic E-state index is 12.3. The summed E-state index contributed by atoms with van der Waals surface area (Å²) in [6, 6.07) is 0.571. The van der Waals surface area contributed by atoms with Gasteiger partial charge in [0.15, 0.2) is 0 Å². The van der Waals surface area contributed by atoms with Crippen LogP contribution in [-0.4, -0.2) is 24.1 Å². The Balaban J connectivity index is 1.61. The van der Waals surface area contributed by atoms with Crippen LogP contribution in [0.3, 0.4) is 0 Å².